The fraction of sp³-hybridized carbons (Fsp3) is 0. The van der Waals surface area contributed by atoms with Crippen LogP contribution in [0.2, 0.25) is 0 Å². The topological polar surface area (TPSA) is 63.3 Å². The Hall–Kier alpha value is -1.55. The first-order valence-electron chi connectivity index (χ1n) is 3.67. The smallest absolute Gasteiger partial charge is 0.150 e. The van der Waals surface area contributed by atoms with Gasteiger partial charge in [0, 0.05) is 15.6 Å². The second kappa shape index (κ2) is 2.74. The number of fused-ring (bicyclic) bond motifs is 1. The Kier molecular flexibility index (Phi) is 1.70. The Labute approximate surface area is 78.4 Å². The van der Waals surface area contributed by atoms with Crippen molar-refractivity contribution in [3.63, 3.8) is 0 Å². The van der Waals surface area contributed by atoms with Gasteiger partial charge in [-0.05, 0) is 12.1 Å². The molecule has 3 nitrogen and oxygen atoms in total. The lowest BCUT2D eigenvalue weighted by molar-refractivity contribution is 0.112. The van der Waals surface area contributed by atoms with Crippen molar-refractivity contribution in [2.24, 2.45) is 0 Å². The van der Waals surface area contributed by atoms with Crippen LogP contribution >= 0.6 is 11.3 Å². The molecule has 0 unspecified atom stereocenters. The predicted octanol–water partition coefficient (Wildman–Crippen LogP) is 2.00. The zero-order valence-electron chi connectivity index (χ0n) is 6.65. The number of carbonyl (C=O) groups is 1. The number of nitrogens with two attached hydrogens (primary N) is 1. The van der Waals surface area contributed by atoms with Gasteiger partial charge in [-0.1, -0.05) is 0 Å². The van der Waals surface area contributed by atoms with Crippen LogP contribution in [0.5, 0.6) is 5.75 Å². The summed E-state index contributed by atoms with van der Waals surface area (Å²) in [5.74, 6) is 0.0679. The van der Waals surface area contributed by atoms with Crippen LogP contribution in [0.25, 0.3) is 10.1 Å². The highest BCUT2D eigenvalue weighted by atomic mass is 32.1. The van der Waals surface area contributed by atoms with Gasteiger partial charge in [0.1, 0.15) is 12.0 Å². The monoisotopic (exact) mass is 193 g/mol. The summed E-state index contributed by atoms with van der Waals surface area (Å²) < 4.78 is 0.833. The summed E-state index contributed by atoms with van der Waals surface area (Å²) in [4.78, 5) is 10.5. The molecule has 2 aromatic rings. The third-order valence-electron chi connectivity index (χ3n) is 1.84. The van der Waals surface area contributed by atoms with E-state index in [0.29, 0.717) is 22.9 Å². The molecular formula is C9H7NO2S. The molecule has 66 valence electrons. The van der Waals surface area contributed by atoms with Gasteiger partial charge in [-0.15, -0.1) is 11.3 Å². The molecule has 2 rings (SSSR count). The maximum Gasteiger partial charge on any atom is 0.150 e. The van der Waals surface area contributed by atoms with Crippen LogP contribution < -0.4 is 5.73 Å². The zero-order valence-corrected chi connectivity index (χ0v) is 7.47. The van der Waals surface area contributed by atoms with Crippen molar-refractivity contribution in [3.05, 3.63) is 23.1 Å². The predicted molar refractivity (Wildman–Crippen MR) is 53.3 cm³/mol. The van der Waals surface area contributed by atoms with Gasteiger partial charge in [0.15, 0.2) is 0 Å². The first-order chi connectivity index (χ1) is 6.22. The Morgan fingerprint density at radius 2 is 2.23 bits per heavy atom. The summed E-state index contributed by atoms with van der Waals surface area (Å²) in [6.45, 7) is 0. The minimum Gasteiger partial charge on any atom is -0.507 e. The average Bonchev–Trinajstić information content (AvgIpc) is 2.48. The molecule has 13 heavy (non-hydrogen) atoms. The highest BCUT2D eigenvalue weighted by molar-refractivity contribution is 7.17. The molecule has 0 aliphatic carbocycles. The molecule has 0 atom stereocenters. The number of thiophene rings is 1. The molecule has 1 heterocycles. The quantitative estimate of drug-likeness (QED) is 0.681. The standard InChI is InChI=1S/C9H7NO2S/c10-6-4-13-8-2-5(3-11)1-7(12)9(6)8/h1-4,12H,10H2. The summed E-state index contributed by atoms with van der Waals surface area (Å²) in [5, 5.41) is 11.9. The van der Waals surface area contributed by atoms with E-state index in [4.69, 9.17) is 5.73 Å². The van der Waals surface area contributed by atoms with E-state index < -0.39 is 0 Å². The van der Waals surface area contributed by atoms with Crippen LogP contribution in [-0.2, 0) is 0 Å². The number of hydrogen-bond acceptors (Lipinski definition) is 4. The molecule has 0 bridgehead atoms. The van der Waals surface area contributed by atoms with E-state index in [0.717, 1.165) is 4.70 Å². The van der Waals surface area contributed by atoms with Gasteiger partial charge >= 0.3 is 0 Å². The van der Waals surface area contributed by atoms with Crippen LogP contribution in [0.4, 0.5) is 5.69 Å². The molecule has 0 spiro atoms. The highest BCUT2D eigenvalue weighted by Crippen LogP contribution is 2.35. The van der Waals surface area contributed by atoms with Crippen LogP contribution in [-0.4, -0.2) is 11.4 Å². The van der Waals surface area contributed by atoms with E-state index in [1.54, 1.807) is 11.4 Å². The first kappa shape index (κ1) is 8.07. The van der Waals surface area contributed by atoms with Crippen molar-refractivity contribution in [1.29, 1.82) is 0 Å². The van der Waals surface area contributed by atoms with Crippen molar-refractivity contribution in [2.75, 3.05) is 5.73 Å². The lowest BCUT2D eigenvalue weighted by Crippen LogP contribution is -1.83. The highest BCUT2D eigenvalue weighted by Gasteiger charge is 2.07. The molecular weight excluding hydrogens is 186 g/mol. The molecule has 0 fully saturated rings. The van der Waals surface area contributed by atoms with Gasteiger partial charge in [0.25, 0.3) is 0 Å². The van der Waals surface area contributed by atoms with Crippen molar-refractivity contribution in [2.45, 2.75) is 0 Å². The SMILES string of the molecule is Nc1csc2cc(C=O)cc(O)c12. The van der Waals surface area contributed by atoms with Crippen LogP contribution in [0.3, 0.4) is 0 Å². The fourth-order valence-corrected chi connectivity index (χ4v) is 2.17. The number of hydrogen-bond donors (Lipinski definition) is 2. The summed E-state index contributed by atoms with van der Waals surface area (Å²) >= 11 is 1.41. The van der Waals surface area contributed by atoms with E-state index in [1.807, 2.05) is 0 Å². The third-order valence-corrected chi connectivity index (χ3v) is 2.79. The van der Waals surface area contributed by atoms with E-state index in [1.165, 1.54) is 17.4 Å². The normalized spacial score (nSPS) is 10.5. The number of rotatable bonds is 1. The Balaban J connectivity index is 2.86. The molecule has 0 radical (unpaired) electrons. The van der Waals surface area contributed by atoms with Gasteiger partial charge in [-0.2, -0.15) is 0 Å². The summed E-state index contributed by atoms with van der Waals surface area (Å²) in [6.07, 6.45) is 0.703. The van der Waals surface area contributed by atoms with E-state index >= 15 is 0 Å². The van der Waals surface area contributed by atoms with Gasteiger partial charge in [0.2, 0.25) is 0 Å². The fourth-order valence-electron chi connectivity index (χ4n) is 1.26. The lowest BCUT2D eigenvalue weighted by atomic mass is 10.1. The number of phenolic OH excluding ortho intramolecular Hbond substituents is 1. The van der Waals surface area contributed by atoms with Crippen LogP contribution in [0.1, 0.15) is 10.4 Å². The molecule has 3 N–H and O–H groups in total. The summed E-state index contributed by atoms with van der Waals surface area (Å²) in [5.41, 5.74) is 6.65. The Morgan fingerprint density at radius 3 is 2.92 bits per heavy atom. The van der Waals surface area contributed by atoms with E-state index in [-0.39, 0.29) is 5.75 Å². The minimum absolute atomic E-state index is 0.0679. The van der Waals surface area contributed by atoms with E-state index in [9.17, 15) is 9.90 Å². The van der Waals surface area contributed by atoms with E-state index in [2.05, 4.69) is 0 Å². The molecule has 0 saturated heterocycles. The molecule has 1 aromatic heterocycles. The van der Waals surface area contributed by atoms with Crippen molar-refractivity contribution >= 4 is 33.4 Å². The average molecular weight is 193 g/mol. The molecule has 4 heteroatoms. The first-order valence-corrected chi connectivity index (χ1v) is 4.55. The second-order valence-electron chi connectivity index (χ2n) is 2.72. The number of phenols is 1. The summed E-state index contributed by atoms with van der Waals surface area (Å²) in [6, 6.07) is 3.13. The molecule has 0 aliphatic heterocycles. The molecule has 0 saturated carbocycles. The molecule has 0 amide bonds. The van der Waals surface area contributed by atoms with Crippen LogP contribution in [0.15, 0.2) is 17.5 Å². The number of benzene rings is 1. The molecule has 1 aromatic carbocycles. The van der Waals surface area contributed by atoms with Gasteiger partial charge < -0.3 is 10.8 Å². The van der Waals surface area contributed by atoms with Crippen LogP contribution in [0, 0.1) is 0 Å². The Morgan fingerprint density at radius 1 is 1.46 bits per heavy atom. The minimum atomic E-state index is 0.0679. The number of anilines is 1. The van der Waals surface area contributed by atoms with Crippen molar-refractivity contribution in [3.8, 4) is 5.75 Å². The van der Waals surface area contributed by atoms with Crippen molar-refractivity contribution in [1.82, 2.24) is 0 Å². The van der Waals surface area contributed by atoms with Crippen molar-refractivity contribution < 1.29 is 9.90 Å². The van der Waals surface area contributed by atoms with Gasteiger partial charge in [-0.25, -0.2) is 0 Å². The largest absolute Gasteiger partial charge is 0.507 e. The van der Waals surface area contributed by atoms with Gasteiger partial charge in [0.05, 0.1) is 11.1 Å². The maximum atomic E-state index is 10.5. The lowest BCUT2D eigenvalue weighted by Gasteiger charge is -1.97. The maximum absolute atomic E-state index is 10.5. The Bertz CT molecular complexity index is 476. The number of aldehydes is 1. The summed E-state index contributed by atoms with van der Waals surface area (Å²) in [7, 11) is 0. The number of carbonyl (C=O) groups excluding carboxylic acids is 1. The second-order valence-corrected chi connectivity index (χ2v) is 3.63. The molecule has 0 aliphatic rings. The number of nitrogen functional groups attached to an aromatic ring is 1. The van der Waals surface area contributed by atoms with Gasteiger partial charge in [-0.3, -0.25) is 4.79 Å². The number of aromatic hydroxyl groups is 1. The third kappa shape index (κ3) is 1.15. The zero-order chi connectivity index (χ0) is 9.42.